The fourth-order valence-electron chi connectivity index (χ4n) is 2.18. The predicted octanol–water partition coefficient (Wildman–Crippen LogP) is 4.14. The van der Waals surface area contributed by atoms with Crippen LogP contribution in [0.25, 0.3) is 0 Å². The van der Waals surface area contributed by atoms with Crippen molar-refractivity contribution in [2.24, 2.45) is 5.92 Å². The summed E-state index contributed by atoms with van der Waals surface area (Å²) in [7, 11) is 0. The lowest BCUT2D eigenvalue weighted by atomic mass is 9.91. The molecule has 0 radical (unpaired) electrons. The van der Waals surface area contributed by atoms with E-state index in [1.165, 1.54) is 23.3 Å². The number of hydrogen-bond donors (Lipinski definition) is 1. The first-order chi connectivity index (χ1) is 7.20. The Balaban J connectivity index is 2.77. The number of rotatable bonds is 6. The van der Waals surface area contributed by atoms with Gasteiger partial charge in [0.05, 0.1) is 0 Å². The first-order valence-electron chi connectivity index (χ1n) is 5.98. The van der Waals surface area contributed by atoms with Crippen LogP contribution < -0.4 is 5.32 Å². The molecule has 0 aliphatic rings. The highest BCUT2D eigenvalue weighted by molar-refractivity contribution is 7.10. The van der Waals surface area contributed by atoms with E-state index in [-0.39, 0.29) is 0 Å². The van der Waals surface area contributed by atoms with Crippen molar-refractivity contribution < 1.29 is 0 Å². The topological polar surface area (TPSA) is 12.0 Å². The van der Waals surface area contributed by atoms with Gasteiger partial charge in [-0.3, -0.25) is 0 Å². The van der Waals surface area contributed by atoms with Crippen molar-refractivity contribution in [2.75, 3.05) is 6.54 Å². The van der Waals surface area contributed by atoms with E-state index in [0.717, 1.165) is 12.5 Å². The highest BCUT2D eigenvalue weighted by atomic mass is 32.1. The van der Waals surface area contributed by atoms with Gasteiger partial charge in [-0.05, 0) is 42.8 Å². The molecule has 0 fully saturated rings. The fourth-order valence-corrected chi connectivity index (χ4v) is 2.93. The SMILES string of the molecule is CCCC(C)C(NCC)c1ccsc1C. The second-order valence-electron chi connectivity index (χ2n) is 4.23. The number of nitrogens with one attached hydrogen (secondary N) is 1. The Morgan fingerprint density at radius 2 is 2.13 bits per heavy atom. The molecule has 1 N–H and O–H groups in total. The van der Waals surface area contributed by atoms with Crippen LogP contribution in [-0.2, 0) is 0 Å². The molecule has 1 aromatic rings. The van der Waals surface area contributed by atoms with Gasteiger partial charge in [-0.2, -0.15) is 0 Å². The zero-order chi connectivity index (χ0) is 11.3. The lowest BCUT2D eigenvalue weighted by Crippen LogP contribution is -2.26. The van der Waals surface area contributed by atoms with Crippen LogP contribution >= 0.6 is 11.3 Å². The van der Waals surface area contributed by atoms with Crippen molar-refractivity contribution in [1.82, 2.24) is 5.32 Å². The molecule has 2 heteroatoms. The molecular weight excluding hydrogens is 202 g/mol. The normalized spacial score (nSPS) is 15.2. The van der Waals surface area contributed by atoms with Gasteiger partial charge in [-0.1, -0.05) is 27.2 Å². The second-order valence-corrected chi connectivity index (χ2v) is 5.35. The highest BCUT2D eigenvalue weighted by Crippen LogP contribution is 2.30. The monoisotopic (exact) mass is 225 g/mol. The molecule has 0 spiro atoms. The summed E-state index contributed by atoms with van der Waals surface area (Å²) in [4.78, 5) is 1.46. The van der Waals surface area contributed by atoms with Gasteiger partial charge in [0.1, 0.15) is 0 Å². The van der Waals surface area contributed by atoms with E-state index in [4.69, 9.17) is 0 Å². The molecule has 1 aromatic heterocycles. The smallest absolute Gasteiger partial charge is 0.0356 e. The van der Waals surface area contributed by atoms with Crippen LogP contribution in [0.15, 0.2) is 11.4 Å². The Kier molecular flexibility index (Phi) is 5.34. The summed E-state index contributed by atoms with van der Waals surface area (Å²) < 4.78 is 0. The molecule has 1 rings (SSSR count). The zero-order valence-corrected chi connectivity index (χ0v) is 11.2. The van der Waals surface area contributed by atoms with E-state index in [1.807, 2.05) is 11.3 Å². The molecule has 0 aliphatic heterocycles. The molecule has 1 nitrogen and oxygen atoms in total. The summed E-state index contributed by atoms with van der Waals surface area (Å²) >= 11 is 1.85. The Bertz CT molecular complexity index is 280. The molecule has 1 heterocycles. The van der Waals surface area contributed by atoms with Gasteiger partial charge in [-0.25, -0.2) is 0 Å². The summed E-state index contributed by atoms with van der Waals surface area (Å²) in [5, 5.41) is 5.82. The van der Waals surface area contributed by atoms with Crippen molar-refractivity contribution in [3.8, 4) is 0 Å². The number of aryl methyl sites for hydroxylation is 1. The fraction of sp³-hybridized carbons (Fsp3) is 0.692. The van der Waals surface area contributed by atoms with Crippen LogP contribution in [-0.4, -0.2) is 6.54 Å². The quantitative estimate of drug-likeness (QED) is 0.767. The lowest BCUT2D eigenvalue weighted by Gasteiger charge is -2.24. The Morgan fingerprint density at radius 3 is 2.60 bits per heavy atom. The minimum atomic E-state index is 0.543. The van der Waals surface area contributed by atoms with Gasteiger partial charge in [0.15, 0.2) is 0 Å². The number of thiophene rings is 1. The van der Waals surface area contributed by atoms with E-state index in [2.05, 4.69) is 44.5 Å². The summed E-state index contributed by atoms with van der Waals surface area (Å²) in [6, 6.07) is 2.82. The Labute approximate surface area is 97.9 Å². The predicted molar refractivity (Wildman–Crippen MR) is 69.5 cm³/mol. The van der Waals surface area contributed by atoms with Gasteiger partial charge in [0, 0.05) is 10.9 Å². The summed E-state index contributed by atoms with van der Waals surface area (Å²) in [6.45, 7) is 10.1. The van der Waals surface area contributed by atoms with Gasteiger partial charge in [0.25, 0.3) is 0 Å². The van der Waals surface area contributed by atoms with Crippen LogP contribution in [0.5, 0.6) is 0 Å². The molecule has 86 valence electrons. The van der Waals surface area contributed by atoms with Crippen molar-refractivity contribution >= 4 is 11.3 Å². The summed E-state index contributed by atoms with van der Waals surface area (Å²) in [5.74, 6) is 0.725. The van der Waals surface area contributed by atoms with E-state index in [1.54, 1.807) is 0 Å². The van der Waals surface area contributed by atoms with E-state index in [9.17, 15) is 0 Å². The third-order valence-electron chi connectivity index (χ3n) is 2.97. The minimum absolute atomic E-state index is 0.543. The third-order valence-corrected chi connectivity index (χ3v) is 3.83. The van der Waals surface area contributed by atoms with E-state index >= 15 is 0 Å². The molecular formula is C13H23NS. The van der Waals surface area contributed by atoms with Gasteiger partial charge in [0.2, 0.25) is 0 Å². The van der Waals surface area contributed by atoms with Crippen molar-refractivity contribution in [1.29, 1.82) is 0 Å². The van der Waals surface area contributed by atoms with Crippen LogP contribution in [0.3, 0.4) is 0 Å². The average Bonchev–Trinajstić information content (AvgIpc) is 2.61. The molecule has 0 aliphatic carbocycles. The lowest BCUT2D eigenvalue weighted by molar-refractivity contribution is 0.369. The van der Waals surface area contributed by atoms with Gasteiger partial charge < -0.3 is 5.32 Å². The van der Waals surface area contributed by atoms with Crippen LogP contribution in [0.1, 0.15) is 50.1 Å². The van der Waals surface area contributed by atoms with E-state index < -0.39 is 0 Å². The van der Waals surface area contributed by atoms with Crippen LogP contribution in [0.2, 0.25) is 0 Å². The maximum atomic E-state index is 3.62. The molecule has 0 saturated carbocycles. The maximum Gasteiger partial charge on any atom is 0.0356 e. The summed E-state index contributed by atoms with van der Waals surface area (Å²) in [6.07, 6.45) is 2.57. The molecule has 0 bridgehead atoms. The Morgan fingerprint density at radius 1 is 1.40 bits per heavy atom. The van der Waals surface area contributed by atoms with Crippen molar-refractivity contribution in [2.45, 2.75) is 46.6 Å². The molecule has 0 amide bonds. The first kappa shape index (κ1) is 12.7. The van der Waals surface area contributed by atoms with E-state index in [0.29, 0.717) is 6.04 Å². The average molecular weight is 225 g/mol. The molecule has 0 aromatic carbocycles. The number of hydrogen-bond acceptors (Lipinski definition) is 2. The molecule has 0 saturated heterocycles. The standard InChI is InChI=1S/C13H23NS/c1-5-7-10(3)13(14-6-2)12-8-9-15-11(12)4/h8-10,13-14H,5-7H2,1-4H3. The zero-order valence-electron chi connectivity index (χ0n) is 10.3. The highest BCUT2D eigenvalue weighted by Gasteiger charge is 2.19. The third kappa shape index (κ3) is 3.32. The second kappa shape index (κ2) is 6.29. The molecule has 2 unspecified atom stereocenters. The maximum absolute atomic E-state index is 3.62. The molecule has 2 atom stereocenters. The largest absolute Gasteiger partial charge is 0.310 e. The molecule has 15 heavy (non-hydrogen) atoms. The Hall–Kier alpha value is -0.340. The van der Waals surface area contributed by atoms with Crippen molar-refractivity contribution in [3.63, 3.8) is 0 Å². The van der Waals surface area contributed by atoms with Crippen LogP contribution in [0.4, 0.5) is 0 Å². The first-order valence-corrected chi connectivity index (χ1v) is 6.86. The minimum Gasteiger partial charge on any atom is -0.310 e. The van der Waals surface area contributed by atoms with Crippen molar-refractivity contribution in [3.05, 3.63) is 21.9 Å². The van der Waals surface area contributed by atoms with Crippen LogP contribution in [0, 0.1) is 12.8 Å². The van der Waals surface area contributed by atoms with Gasteiger partial charge in [-0.15, -0.1) is 11.3 Å². The van der Waals surface area contributed by atoms with Gasteiger partial charge >= 0.3 is 0 Å². The summed E-state index contributed by atoms with van der Waals surface area (Å²) in [5.41, 5.74) is 1.50.